The summed E-state index contributed by atoms with van der Waals surface area (Å²) in [5.41, 5.74) is 4.10. The number of nitrogens with zero attached hydrogens (tertiary/aromatic N) is 1. The van der Waals surface area contributed by atoms with Crippen molar-refractivity contribution in [1.82, 2.24) is 10.3 Å². The van der Waals surface area contributed by atoms with Gasteiger partial charge in [-0.25, -0.2) is 13.6 Å². The maximum absolute atomic E-state index is 11.4. The molecule has 3 aliphatic carbocycles. The van der Waals surface area contributed by atoms with Crippen molar-refractivity contribution in [2.75, 3.05) is 12.3 Å². The quantitative estimate of drug-likeness (QED) is 0.596. The van der Waals surface area contributed by atoms with E-state index in [9.17, 15) is 8.42 Å². The molecule has 7 rings (SSSR count). The number of ether oxygens (including phenoxy) is 1. The first kappa shape index (κ1) is 24.0. The largest absolute Gasteiger partial charge is 0.359 e. The zero-order chi connectivity index (χ0) is 25.5. The minimum absolute atomic E-state index is 0.0243. The first-order valence-corrected chi connectivity index (χ1v) is 15.6. The average molecular weight is 520 g/mol. The van der Waals surface area contributed by atoms with Crippen LogP contribution in [0.15, 0.2) is 60.0 Å². The summed E-state index contributed by atoms with van der Waals surface area (Å²) < 4.78 is 30.2. The Bertz CT molecular complexity index is 1430. The maximum Gasteiger partial charge on any atom is 0.210 e. The van der Waals surface area contributed by atoms with Crippen LogP contribution in [0.25, 0.3) is 10.8 Å². The van der Waals surface area contributed by atoms with E-state index in [4.69, 9.17) is 9.88 Å². The number of rotatable bonds is 5. The normalized spacial score (nSPS) is 38.5. The van der Waals surface area contributed by atoms with Gasteiger partial charge in [0.2, 0.25) is 10.0 Å². The minimum atomic E-state index is -3.45. The van der Waals surface area contributed by atoms with Crippen LogP contribution >= 0.6 is 0 Å². The van der Waals surface area contributed by atoms with E-state index in [0.29, 0.717) is 18.4 Å². The van der Waals surface area contributed by atoms with Crippen molar-refractivity contribution in [1.29, 1.82) is 0 Å². The molecule has 6 atom stereocenters. The Kier molecular flexibility index (Phi) is 5.33. The zero-order valence-corrected chi connectivity index (χ0v) is 22.4. The molecule has 2 aromatic rings. The number of aromatic nitrogens is 1. The van der Waals surface area contributed by atoms with Crippen LogP contribution in [0.5, 0.6) is 0 Å². The van der Waals surface area contributed by atoms with E-state index in [2.05, 4.69) is 53.6 Å². The van der Waals surface area contributed by atoms with E-state index < -0.39 is 10.0 Å². The summed E-state index contributed by atoms with van der Waals surface area (Å²) in [6, 6.07) is 9.31. The molecular formula is C30H37N3O3S. The van der Waals surface area contributed by atoms with E-state index in [-0.39, 0.29) is 28.4 Å². The second-order valence-electron chi connectivity index (χ2n) is 12.5. The van der Waals surface area contributed by atoms with Gasteiger partial charge in [0, 0.05) is 30.4 Å². The summed E-state index contributed by atoms with van der Waals surface area (Å²) >= 11 is 0. The molecule has 1 aromatic carbocycles. The standard InChI is InChI=1S/C30H37N3O3S/c1-28-10-8-24-17-23-4-5-25(33-14-15-37(31,34)35)18-29(23)11-12-30(24,36-29)27(28)7-6-26(28)21-3-2-20-9-13-32-19-22(20)16-21/h2-3,8-9,13,16-17,19,25-27,33H,4-7,10-12,14-15,18H2,1H3,(H2,31,34,35)/t25-,26+,27+,28+,29+,30?/m0/s1. The van der Waals surface area contributed by atoms with Crippen molar-refractivity contribution in [2.45, 2.75) is 81.5 Å². The molecule has 37 heavy (non-hydrogen) atoms. The van der Waals surface area contributed by atoms with Gasteiger partial charge in [0.15, 0.2) is 0 Å². The van der Waals surface area contributed by atoms with Gasteiger partial charge in [0.1, 0.15) is 0 Å². The zero-order valence-electron chi connectivity index (χ0n) is 21.6. The fraction of sp³-hybridized carbons (Fsp3) is 0.567. The van der Waals surface area contributed by atoms with E-state index in [1.54, 1.807) is 0 Å². The first-order valence-electron chi connectivity index (χ1n) is 13.9. The lowest BCUT2D eigenvalue weighted by Crippen LogP contribution is -2.55. The highest BCUT2D eigenvalue weighted by atomic mass is 32.2. The van der Waals surface area contributed by atoms with Gasteiger partial charge in [-0.1, -0.05) is 31.2 Å². The number of benzene rings is 1. The Morgan fingerprint density at radius 3 is 2.92 bits per heavy atom. The number of allylic oxidation sites excluding steroid dienone is 1. The summed E-state index contributed by atoms with van der Waals surface area (Å²) in [5, 5.41) is 11.2. The van der Waals surface area contributed by atoms with E-state index in [1.807, 2.05) is 12.4 Å². The molecule has 1 saturated heterocycles. The van der Waals surface area contributed by atoms with Crippen LogP contribution < -0.4 is 10.5 Å². The van der Waals surface area contributed by atoms with Crippen LogP contribution in [-0.4, -0.2) is 42.9 Å². The van der Waals surface area contributed by atoms with Gasteiger partial charge in [-0.2, -0.15) is 0 Å². The Balaban J connectivity index is 1.17. The van der Waals surface area contributed by atoms with Gasteiger partial charge in [-0.05, 0) is 103 Å². The Labute approximate surface area is 219 Å². The van der Waals surface area contributed by atoms with Crippen molar-refractivity contribution in [2.24, 2.45) is 16.5 Å². The molecule has 196 valence electrons. The molecule has 0 radical (unpaired) electrons. The minimum Gasteiger partial charge on any atom is -0.359 e. The van der Waals surface area contributed by atoms with Gasteiger partial charge < -0.3 is 10.1 Å². The average Bonchev–Trinajstić information content (AvgIpc) is 3.38. The van der Waals surface area contributed by atoms with Crippen LogP contribution in [0.3, 0.4) is 0 Å². The summed E-state index contributed by atoms with van der Waals surface area (Å²) in [5.74, 6) is 0.991. The van der Waals surface area contributed by atoms with Crippen LogP contribution in [-0.2, 0) is 14.8 Å². The molecule has 3 heterocycles. The van der Waals surface area contributed by atoms with E-state index in [0.717, 1.165) is 38.5 Å². The van der Waals surface area contributed by atoms with Crippen molar-refractivity contribution in [3.63, 3.8) is 0 Å². The fourth-order valence-electron chi connectivity index (χ4n) is 8.85. The molecule has 6 nitrogen and oxygen atoms in total. The van der Waals surface area contributed by atoms with Gasteiger partial charge in [0.05, 0.1) is 17.0 Å². The molecule has 5 aliphatic rings. The van der Waals surface area contributed by atoms with E-state index >= 15 is 0 Å². The Hall–Kier alpha value is -2.06. The number of nitrogens with two attached hydrogens (primary N) is 1. The highest BCUT2D eigenvalue weighted by molar-refractivity contribution is 7.89. The topological polar surface area (TPSA) is 94.3 Å². The molecule has 7 heteroatoms. The first-order chi connectivity index (χ1) is 17.7. The SMILES string of the molecule is C[C@]12CC=C3C=C4CC[C@H](NCCS(N)(=O)=O)C[C@]45CCC3(O5)[C@@H]1CC[C@@H]2c1ccc2ccncc2c1. The van der Waals surface area contributed by atoms with E-state index in [1.165, 1.54) is 40.3 Å². The van der Waals surface area contributed by atoms with Gasteiger partial charge in [-0.3, -0.25) is 4.98 Å². The smallest absolute Gasteiger partial charge is 0.210 e. The fourth-order valence-corrected chi connectivity index (χ4v) is 9.26. The predicted octanol–water partition coefficient (Wildman–Crippen LogP) is 4.72. The maximum atomic E-state index is 11.4. The lowest BCUT2D eigenvalue weighted by atomic mass is 9.58. The third-order valence-corrected chi connectivity index (χ3v) is 11.3. The number of pyridine rings is 1. The number of sulfonamides is 1. The highest BCUT2D eigenvalue weighted by Crippen LogP contribution is 2.69. The summed E-state index contributed by atoms with van der Waals surface area (Å²) in [6.07, 6.45) is 17.4. The number of hydrogen-bond donors (Lipinski definition) is 2. The number of nitrogens with one attached hydrogen (secondary N) is 1. The molecule has 2 saturated carbocycles. The van der Waals surface area contributed by atoms with Crippen LogP contribution in [0.1, 0.15) is 69.8 Å². The highest BCUT2D eigenvalue weighted by Gasteiger charge is 2.66. The van der Waals surface area contributed by atoms with Crippen molar-refractivity contribution in [3.05, 3.63) is 65.5 Å². The van der Waals surface area contributed by atoms with Crippen molar-refractivity contribution < 1.29 is 13.2 Å². The Morgan fingerprint density at radius 1 is 1.16 bits per heavy atom. The van der Waals surface area contributed by atoms with Crippen molar-refractivity contribution >= 4 is 20.8 Å². The second-order valence-corrected chi connectivity index (χ2v) is 14.2. The second kappa shape index (κ2) is 8.22. The molecular weight excluding hydrogens is 482 g/mol. The molecule has 3 N–H and O–H groups in total. The summed E-state index contributed by atoms with van der Waals surface area (Å²) in [6.45, 7) is 2.91. The number of hydrogen-bond acceptors (Lipinski definition) is 5. The van der Waals surface area contributed by atoms with Gasteiger partial charge in [0.25, 0.3) is 0 Å². The van der Waals surface area contributed by atoms with Crippen LogP contribution in [0, 0.1) is 11.3 Å². The molecule has 0 amide bonds. The van der Waals surface area contributed by atoms with Crippen LogP contribution in [0.4, 0.5) is 0 Å². The Morgan fingerprint density at radius 2 is 2.05 bits per heavy atom. The summed E-state index contributed by atoms with van der Waals surface area (Å²) in [4.78, 5) is 4.36. The monoisotopic (exact) mass is 519 g/mol. The lowest BCUT2D eigenvalue weighted by Gasteiger charge is -2.54. The molecule has 1 unspecified atom stereocenters. The third-order valence-electron chi connectivity index (χ3n) is 10.6. The number of primary sulfonamides is 1. The van der Waals surface area contributed by atoms with Gasteiger partial charge in [-0.15, -0.1) is 0 Å². The van der Waals surface area contributed by atoms with Crippen LogP contribution in [0.2, 0.25) is 0 Å². The molecule has 1 aromatic heterocycles. The predicted molar refractivity (Wildman–Crippen MR) is 145 cm³/mol. The molecule has 2 spiro atoms. The van der Waals surface area contributed by atoms with Crippen molar-refractivity contribution in [3.8, 4) is 0 Å². The molecule has 3 fully saturated rings. The third kappa shape index (κ3) is 3.68. The summed E-state index contributed by atoms with van der Waals surface area (Å²) in [7, 11) is -3.45. The molecule has 2 bridgehead atoms. The number of fused-ring (bicyclic) bond motifs is 2. The molecule has 2 aliphatic heterocycles. The van der Waals surface area contributed by atoms with Gasteiger partial charge >= 0.3 is 0 Å². The lowest BCUT2D eigenvalue weighted by molar-refractivity contribution is -0.136.